The zero-order valence-electron chi connectivity index (χ0n) is 67.4. The van der Waals surface area contributed by atoms with Crippen molar-refractivity contribution in [3.05, 3.63) is 202 Å². The van der Waals surface area contributed by atoms with Crippen molar-refractivity contribution in [2.45, 2.75) is 59.4 Å². The molecule has 37 heteroatoms. The number of carbonyl (C=O) groups is 2. The van der Waals surface area contributed by atoms with Gasteiger partial charge in [-0.3, -0.25) is 74.8 Å². The predicted molar refractivity (Wildman–Crippen MR) is 466 cm³/mol. The Hall–Kier alpha value is -15.9. The summed E-state index contributed by atoms with van der Waals surface area (Å²) in [4.78, 5) is 114. The number of aryl methyl sites for hydroxylation is 1. The Morgan fingerprint density at radius 1 is 0.452 bits per heavy atom. The van der Waals surface area contributed by atoms with Gasteiger partial charge in [-0.05, 0) is 97.7 Å². The molecule has 124 heavy (non-hydrogen) atoms. The first kappa shape index (κ1) is 78.0. The number of rotatable bonds is 16. The summed E-state index contributed by atoms with van der Waals surface area (Å²) in [6.45, 7) is 12.3. The molecule has 0 radical (unpaired) electrons. The van der Waals surface area contributed by atoms with Gasteiger partial charge in [0.2, 0.25) is 11.8 Å². The van der Waals surface area contributed by atoms with Gasteiger partial charge >= 0.3 is 0 Å². The Morgan fingerprint density at radius 3 is 1.34 bits per heavy atom. The van der Waals surface area contributed by atoms with Crippen LogP contribution in [0.2, 0.25) is 0 Å². The smallest absolute Gasteiger partial charge is 0.261 e. The summed E-state index contributed by atoms with van der Waals surface area (Å²) in [5.41, 5.74) is 23.8. The van der Waals surface area contributed by atoms with Gasteiger partial charge in [0.25, 0.3) is 5.92 Å². The first-order chi connectivity index (χ1) is 60.5. The summed E-state index contributed by atoms with van der Waals surface area (Å²) in [6, 6.07) is 21.4. The number of imidazole rings is 4. The lowest BCUT2D eigenvalue weighted by Crippen LogP contribution is -2.44. The fourth-order valence-electron chi connectivity index (χ4n) is 15.0. The van der Waals surface area contributed by atoms with Crippen LogP contribution in [-0.4, -0.2) is 214 Å². The maximum absolute atomic E-state index is 13.6. The van der Waals surface area contributed by atoms with Crippen LogP contribution in [0.4, 0.5) is 25.8 Å². The Labute approximate surface area is 701 Å². The molecule has 10 N–H and O–H groups in total. The molecule has 2 saturated heterocycles. The van der Waals surface area contributed by atoms with E-state index in [1.165, 1.54) is 0 Å². The third-order valence-corrected chi connectivity index (χ3v) is 21.4. The van der Waals surface area contributed by atoms with Crippen LogP contribution < -0.4 is 15.5 Å². The number of nitrogens with zero attached hydrogens (tertiary/aromatic N) is 23. The van der Waals surface area contributed by atoms with E-state index in [-0.39, 0.29) is 30.7 Å². The normalized spacial score (nSPS) is 13.6. The number of hydrogen-bond donors (Lipinski definition) is 10. The number of aromatic amines is 8. The summed E-state index contributed by atoms with van der Waals surface area (Å²) in [5, 5.41) is 38.6. The van der Waals surface area contributed by atoms with E-state index in [0.717, 1.165) is 176 Å². The molecule has 0 bridgehead atoms. The van der Waals surface area contributed by atoms with Gasteiger partial charge in [0.05, 0.1) is 127 Å². The number of fused-ring (bicyclic) bond motifs is 8. The van der Waals surface area contributed by atoms with E-state index in [2.05, 4.69) is 176 Å². The SMILES string of the molecule is CC(C)CC(=O)Nc1cncc(-c2cnc3n[nH]c(-c4nc5ccncc5[nH]4)c3c2)c1.CCC(=O)Nc1cncc(-c2cnc3n[nH]c(-c4nc5ccncc5[nH]4)c3c2)c1.CN1CCN(c2cncc3[nH]c(-c4[nH]nc5ncc(-c6cncc(CN7CCC(F)(F)C7)c6)cc45)nc23)CC1.Cc1ccncc1-c1cnc2n[nH]c(-c3nc4ccncc4[nH]3)c2c1. The first-order valence-corrected chi connectivity index (χ1v) is 40.0. The molecule has 20 aromatic heterocycles. The second-order valence-corrected chi connectivity index (χ2v) is 30.7. The van der Waals surface area contributed by atoms with E-state index in [1.807, 2.05) is 93.1 Å². The number of alkyl halides is 2. The van der Waals surface area contributed by atoms with Crippen LogP contribution in [0, 0.1) is 12.8 Å². The maximum Gasteiger partial charge on any atom is 0.261 e. The third-order valence-electron chi connectivity index (χ3n) is 21.4. The summed E-state index contributed by atoms with van der Waals surface area (Å²) >= 11 is 0. The van der Waals surface area contributed by atoms with Crippen molar-refractivity contribution < 1.29 is 18.4 Å². The Morgan fingerprint density at radius 2 is 0.871 bits per heavy atom. The van der Waals surface area contributed by atoms with Crippen molar-refractivity contribution in [2.75, 3.05) is 61.8 Å². The van der Waals surface area contributed by atoms with Crippen LogP contribution in [0.5, 0.6) is 0 Å². The van der Waals surface area contributed by atoms with Gasteiger partial charge in [-0.15, -0.1) is 0 Å². The van der Waals surface area contributed by atoms with Gasteiger partial charge in [-0.1, -0.05) is 20.8 Å². The van der Waals surface area contributed by atoms with Crippen LogP contribution in [0.15, 0.2) is 191 Å². The second-order valence-electron chi connectivity index (χ2n) is 30.7. The topological polar surface area (TPSA) is 452 Å². The fraction of sp³-hybridized carbons (Fsp3) is 0.195. The quantitative estimate of drug-likeness (QED) is 0.0429. The van der Waals surface area contributed by atoms with Crippen LogP contribution in [0.1, 0.15) is 51.2 Å². The molecule has 2 fully saturated rings. The number of nitrogens with one attached hydrogen (secondary N) is 10. The number of H-pyrrole nitrogens is 8. The molecule has 0 saturated carbocycles. The van der Waals surface area contributed by atoms with Crippen molar-refractivity contribution >= 4 is 117 Å². The molecule has 0 spiro atoms. The van der Waals surface area contributed by atoms with Crippen molar-refractivity contribution in [3.8, 4) is 90.6 Å². The summed E-state index contributed by atoms with van der Waals surface area (Å²) in [7, 11) is 2.13. The van der Waals surface area contributed by atoms with Crippen molar-refractivity contribution in [3.63, 3.8) is 0 Å². The summed E-state index contributed by atoms with van der Waals surface area (Å²) < 4.78 is 27.3. The molecule has 0 aromatic carbocycles. The molecule has 35 nitrogen and oxygen atoms in total. The summed E-state index contributed by atoms with van der Waals surface area (Å²) in [5.74, 6) is 0.289. The molecular weight excluding hydrogens is 1580 g/mol. The number of aromatic nitrogens is 28. The average molecular weight is 1650 g/mol. The van der Waals surface area contributed by atoms with Gasteiger partial charge in [-0.25, -0.2) is 48.7 Å². The zero-order chi connectivity index (χ0) is 84.5. The standard InChI is InChI=1S/C27H28F2N10.C22H20N8O.C20H16N8O.C18H13N7/c1-37-4-6-39(7-5-37)22-14-31-13-21-24(22)34-26(33-21)23-20-9-19(12-32-25(20)36-35-23)18-8-17(10-30-11-18)15-38-3-2-27(28,29)16-38;1-12(2)5-19(31)26-15-6-13(8-24-10-15)14-7-16-20(29-30-21(16)25-9-14)22-27-17-3-4-23-11-18(17)28-22;1-2-17(29)24-13-5-11(7-22-9-13)12-6-14-18(27-28-19(14)23-8-12)20-25-15-3-4-21-10-16(15)26-20;1-10-2-4-19-8-13(10)11-6-12-16(24-25-17(12)21-7-11)18-22-14-3-5-20-9-15(14)23-18/h8-14H,2-7,15-16H2,1H3,(H,33,34)(H,32,35,36);3-4,6-12H,5H2,1-2H3,(H,26,31)(H,27,28)(H,25,29,30);3-10H,2H2,1H3,(H,24,29)(H,25,26)(H,23,27,28);2-9H,1H3,(H,22,23)(H,21,24,25). The van der Waals surface area contributed by atoms with Gasteiger partial charge in [0, 0.05) is 184 Å². The monoisotopic (exact) mass is 1650 g/mol. The number of likely N-dealkylation sites (tertiary alicyclic amines) is 1. The van der Waals surface area contributed by atoms with E-state index in [1.54, 1.807) is 117 Å². The van der Waals surface area contributed by atoms with E-state index in [4.69, 9.17) is 4.98 Å². The van der Waals surface area contributed by atoms with Crippen molar-refractivity contribution in [1.29, 1.82) is 0 Å². The highest BCUT2D eigenvalue weighted by molar-refractivity contribution is 6.00. The number of carbonyl (C=O) groups excluding carboxylic acids is 2. The Balaban J connectivity index is 0.000000110. The van der Waals surface area contributed by atoms with Crippen molar-refractivity contribution in [2.24, 2.45) is 5.92 Å². The van der Waals surface area contributed by atoms with E-state index >= 15 is 0 Å². The molecule has 2 aliphatic rings. The van der Waals surface area contributed by atoms with Crippen molar-refractivity contribution in [1.82, 2.24) is 150 Å². The van der Waals surface area contributed by atoms with Gasteiger partial charge in [0.15, 0.2) is 45.9 Å². The second kappa shape index (κ2) is 33.4. The molecule has 0 unspecified atom stereocenters. The molecule has 616 valence electrons. The number of piperazine rings is 1. The third kappa shape index (κ3) is 16.4. The fourth-order valence-corrected chi connectivity index (χ4v) is 15.0. The molecule has 2 amide bonds. The highest BCUT2D eigenvalue weighted by atomic mass is 19.3. The van der Waals surface area contributed by atoms with Crippen LogP contribution in [-0.2, 0) is 16.1 Å². The lowest BCUT2D eigenvalue weighted by molar-refractivity contribution is -0.117. The number of halogens is 2. The Kier molecular flexibility index (Phi) is 21.0. The molecule has 20 aromatic rings. The van der Waals surface area contributed by atoms with Gasteiger partial charge < -0.3 is 40.4 Å². The minimum atomic E-state index is -2.62. The predicted octanol–water partition coefficient (Wildman–Crippen LogP) is 14.1. The first-order valence-electron chi connectivity index (χ1n) is 40.0. The molecule has 22 rings (SSSR count). The van der Waals surface area contributed by atoms with Crippen LogP contribution in [0.3, 0.4) is 0 Å². The number of anilines is 3. The highest BCUT2D eigenvalue weighted by Crippen LogP contribution is 2.37. The number of pyridine rings is 12. The number of hydrogen-bond acceptors (Lipinski definition) is 25. The van der Waals surface area contributed by atoms with E-state index in [9.17, 15) is 18.4 Å². The number of likely N-dealkylation sites (N-methyl/N-ethyl adjacent to an activating group) is 1. The zero-order valence-corrected chi connectivity index (χ0v) is 67.4. The van der Waals surface area contributed by atoms with Gasteiger partial charge in [0.1, 0.15) is 28.3 Å². The van der Waals surface area contributed by atoms with E-state index in [0.29, 0.717) is 83.2 Å². The number of amides is 2. The molecule has 22 heterocycles. The molecule has 0 atom stereocenters. The minimum absolute atomic E-state index is 0.0287. The maximum atomic E-state index is 13.6. The summed E-state index contributed by atoms with van der Waals surface area (Å²) in [6.07, 6.45) is 35.7. The molecule has 0 aliphatic carbocycles. The lowest BCUT2D eigenvalue weighted by atomic mass is 10.0. The highest BCUT2D eigenvalue weighted by Gasteiger charge is 2.38. The molecular formula is C87H77F2N33O2. The minimum Gasteiger partial charge on any atom is -0.366 e. The van der Waals surface area contributed by atoms with Crippen LogP contribution in [0.25, 0.3) is 179 Å². The average Bonchev–Trinajstić information content (AvgIpc) is 1.63. The lowest BCUT2D eigenvalue weighted by Gasteiger charge is -2.33. The van der Waals surface area contributed by atoms with E-state index < -0.39 is 5.92 Å². The Bertz CT molecular complexity index is 7260. The molecule has 2 aliphatic heterocycles. The largest absolute Gasteiger partial charge is 0.366 e. The van der Waals surface area contributed by atoms with Gasteiger partial charge in [-0.2, -0.15) is 20.4 Å². The van der Waals surface area contributed by atoms with Crippen LogP contribution >= 0.6 is 0 Å².